The number of ether oxygens (including phenoxy) is 1. The molecule has 2 heterocycles. The summed E-state index contributed by atoms with van der Waals surface area (Å²) in [6.45, 7) is 10.1. The molecule has 0 spiro atoms. The lowest BCUT2D eigenvalue weighted by molar-refractivity contribution is 0.0461. The maximum absolute atomic E-state index is 13.3. The predicted octanol–water partition coefficient (Wildman–Crippen LogP) is 5.94. The van der Waals surface area contributed by atoms with Crippen molar-refractivity contribution in [2.75, 3.05) is 33.3 Å². The molecule has 1 saturated heterocycles. The normalized spacial score (nSPS) is 17.3. The molecule has 0 saturated carbocycles. The Morgan fingerprint density at radius 1 is 1.21 bits per heavy atom. The fourth-order valence-corrected chi connectivity index (χ4v) is 5.14. The molecule has 1 aromatic heterocycles. The average molecular weight is 468 g/mol. The Labute approximate surface area is 201 Å². The summed E-state index contributed by atoms with van der Waals surface area (Å²) in [4.78, 5) is 21.1. The van der Waals surface area contributed by atoms with Crippen LogP contribution < -0.4 is 4.74 Å². The largest absolute Gasteiger partial charge is 0.497 e. The molecule has 1 atom stereocenters. The Morgan fingerprint density at radius 2 is 1.97 bits per heavy atom. The number of rotatable bonds is 7. The number of carbonyl (C=O) groups is 1. The van der Waals surface area contributed by atoms with Crippen molar-refractivity contribution in [3.63, 3.8) is 0 Å². The molecule has 2 aromatic carbocycles. The van der Waals surface area contributed by atoms with Crippen molar-refractivity contribution in [1.29, 1.82) is 0 Å². The van der Waals surface area contributed by atoms with E-state index in [9.17, 15) is 4.79 Å². The molecule has 0 aliphatic carbocycles. The first-order chi connectivity index (χ1) is 15.8. The van der Waals surface area contributed by atoms with Crippen molar-refractivity contribution >= 4 is 28.4 Å². The monoisotopic (exact) mass is 467 g/mol. The number of H-pyrrole nitrogens is 1. The summed E-state index contributed by atoms with van der Waals surface area (Å²) in [6.07, 6.45) is 2.28. The number of hydrogen-bond acceptors (Lipinski definition) is 3. The van der Waals surface area contributed by atoms with Gasteiger partial charge >= 0.3 is 0 Å². The average Bonchev–Trinajstić information content (AvgIpc) is 3.25. The molecule has 3 aromatic rings. The van der Waals surface area contributed by atoms with E-state index in [1.807, 2.05) is 41.3 Å². The summed E-state index contributed by atoms with van der Waals surface area (Å²) in [5.74, 6) is 1.37. The zero-order valence-corrected chi connectivity index (χ0v) is 20.8. The van der Waals surface area contributed by atoms with Crippen LogP contribution in [0.2, 0.25) is 5.02 Å². The van der Waals surface area contributed by atoms with E-state index < -0.39 is 0 Å². The number of carbonyl (C=O) groups excluding carboxylic acids is 1. The van der Waals surface area contributed by atoms with E-state index in [4.69, 9.17) is 16.3 Å². The van der Waals surface area contributed by atoms with Crippen LogP contribution in [0.1, 0.15) is 49.7 Å². The first-order valence-corrected chi connectivity index (χ1v) is 12.2. The molecule has 1 amide bonds. The minimum atomic E-state index is -0.0809. The molecular weight excluding hydrogens is 434 g/mol. The van der Waals surface area contributed by atoms with Crippen molar-refractivity contribution in [3.05, 3.63) is 64.8 Å². The molecule has 1 unspecified atom stereocenters. The van der Waals surface area contributed by atoms with Crippen LogP contribution in [0.25, 0.3) is 10.9 Å². The predicted molar refractivity (Wildman–Crippen MR) is 135 cm³/mol. The second kappa shape index (κ2) is 9.78. The third-order valence-electron chi connectivity index (χ3n) is 7.07. The minimum Gasteiger partial charge on any atom is -0.497 e. The van der Waals surface area contributed by atoms with E-state index in [1.165, 1.54) is 5.56 Å². The van der Waals surface area contributed by atoms with Gasteiger partial charge in [0.05, 0.1) is 7.11 Å². The van der Waals surface area contributed by atoms with Gasteiger partial charge in [0.25, 0.3) is 5.91 Å². The summed E-state index contributed by atoms with van der Waals surface area (Å²) in [5, 5.41) is 1.64. The second-order valence-electron chi connectivity index (χ2n) is 9.50. The van der Waals surface area contributed by atoms with Crippen LogP contribution in [-0.4, -0.2) is 54.0 Å². The SMILES string of the molecule is CCN(CC1CCCN(C(C)(C)c2ccc(OC)cc2)C1)C(=O)c1cc2cc(Cl)ccc2[nH]1. The first-order valence-electron chi connectivity index (χ1n) is 11.8. The number of halogens is 1. The zero-order valence-electron chi connectivity index (χ0n) is 20.0. The van der Waals surface area contributed by atoms with E-state index in [1.54, 1.807) is 7.11 Å². The van der Waals surface area contributed by atoms with Gasteiger partial charge in [-0.3, -0.25) is 9.69 Å². The summed E-state index contributed by atoms with van der Waals surface area (Å²) < 4.78 is 5.32. The van der Waals surface area contributed by atoms with Crippen molar-refractivity contribution in [3.8, 4) is 5.75 Å². The first kappa shape index (κ1) is 23.7. The number of aromatic amines is 1. The van der Waals surface area contributed by atoms with Gasteiger partial charge < -0.3 is 14.6 Å². The van der Waals surface area contributed by atoms with Crippen LogP contribution >= 0.6 is 11.6 Å². The summed E-state index contributed by atoms with van der Waals surface area (Å²) in [5.41, 5.74) is 2.76. The smallest absolute Gasteiger partial charge is 0.270 e. The number of fused-ring (bicyclic) bond motifs is 1. The highest BCUT2D eigenvalue weighted by atomic mass is 35.5. The third-order valence-corrected chi connectivity index (χ3v) is 7.30. The van der Waals surface area contributed by atoms with Crippen molar-refractivity contribution in [2.24, 2.45) is 5.92 Å². The van der Waals surface area contributed by atoms with Crippen LogP contribution in [0.4, 0.5) is 0 Å². The molecule has 0 bridgehead atoms. The van der Waals surface area contributed by atoms with Gasteiger partial charge in [0.2, 0.25) is 0 Å². The molecule has 1 N–H and O–H groups in total. The fourth-order valence-electron chi connectivity index (χ4n) is 4.96. The molecule has 1 aliphatic rings. The van der Waals surface area contributed by atoms with Gasteiger partial charge in [-0.25, -0.2) is 0 Å². The molecule has 176 valence electrons. The molecule has 0 radical (unpaired) electrons. The Balaban J connectivity index is 1.45. The molecule has 6 heteroatoms. The lowest BCUT2D eigenvalue weighted by Crippen LogP contribution is -2.49. The van der Waals surface area contributed by atoms with Gasteiger partial charge in [0.15, 0.2) is 0 Å². The number of aromatic nitrogens is 1. The Hall–Kier alpha value is -2.50. The number of methoxy groups -OCH3 is 1. The number of benzene rings is 2. The maximum Gasteiger partial charge on any atom is 0.270 e. The lowest BCUT2D eigenvalue weighted by Gasteiger charge is -2.45. The molecule has 33 heavy (non-hydrogen) atoms. The number of hydrogen-bond donors (Lipinski definition) is 1. The molecule has 5 nitrogen and oxygen atoms in total. The van der Waals surface area contributed by atoms with Crippen molar-refractivity contribution in [2.45, 2.75) is 39.2 Å². The standard InChI is InChI=1S/C27H34ClN3O2/c1-5-30(26(32)25-16-20-15-22(28)10-13-24(20)29-25)17-19-7-6-14-31(18-19)27(2,3)21-8-11-23(33-4)12-9-21/h8-13,15-16,19,29H,5-7,14,17-18H2,1-4H3. The number of nitrogens with zero attached hydrogens (tertiary/aromatic N) is 2. The Bertz CT molecular complexity index is 1110. The fraction of sp³-hybridized carbons (Fsp3) is 0.444. The minimum absolute atomic E-state index is 0.0522. The van der Waals surface area contributed by atoms with Gasteiger partial charge in [0.1, 0.15) is 11.4 Å². The topological polar surface area (TPSA) is 48.6 Å². The van der Waals surface area contributed by atoms with E-state index >= 15 is 0 Å². The lowest BCUT2D eigenvalue weighted by atomic mass is 9.87. The molecular formula is C27H34ClN3O2. The molecule has 1 aliphatic heterocycles. The summed E-state index contributed by atoms with van der Waals surface area (Å²) in [7, 11) is 1.70. The highest BCUT2D eigenvalue weighted by molar-refractivity contribution is 6.31. The maximum atomic E-state index is 13.3. The zero-order chi connectivity index (χ0) is 23.6. The van der Waals surface area contributed by atoms with Gasteiger partial charge in [-0.2, -0.15) is 0 Å². The number of amides is 1. The van der Waals surface area contributed by atoms with Gasteiger partial charge in [-0.05, 0) is 88.0 Å². The van der Waals surface area contributed by atoms with E-state index in [0.29, 0.717) is 23.2 Å². The number of likely N-dealkylation sites (tertiary alicyclic amines) is 1. The molecule has 1 fully saturated rings. The summed E-state index contributed by atoms with van der Waals surface area (Å²) >= 11 is 6.12. The molecule has 4 rings (SSSR count). The van der Waals surface area contributed by atoms with E-state index in [-0.39, 0.29) is 11.4 Å². The third kappa shape index (κ3) is 5.04. The number of piperidine rings is 1. The van der Waals surface area contributed by atoms with Crippen LogP contribution in [0.15, 0.2) is 48.5 Å². The van der Waals surface area contributed by atoms with E-state index in [0.717, 1.165) is 49.1 Å². The van der Waals surface area contributed by atoms with Crippen LogP contribution in [0.3, 0.4) is 0 Å². The van der Waals surface area contributed by atoms with Crippen molar-refractivity contribution < 1.29 is 9.53 Å². The van der Waals surface area contributed by atoms with Crippen LogP contribution in [-0.2, 0) is 5.54 Å². The van der Waals surface area contributed by atoms with Crippen LogP contribution in [0.5, 0.6) is 5.75 Å². The summed E-state index contributed by atoms with van der Waals surface area (Å²) in [6, 6.07) is 15.9. The quantitative estimate of drug-likeness (QED) is 0.467. The Kier molecular flexibility index (Phi) is 7.01. The van der Waals surface area contributed by atoms with Gasteiger partial charge in [-0.1, -0.05) is 23.7 Å². The van der Waals surface area contributed by atoms with Gasteiger partial charge in [0, 0.05) is 41.1 Å². The Morgan fingerprint density at radius 3 is 2.67 bits per heavy atom. The second-order valence-corrected chi connectivity index (χ2v) is 9.94. The van der Waals surface area contributed by atoms with Gasteiger partial charge in [-0.15, -0.1) is 0 Å². The highest BCUT2D eigenvalue weighted by Gasteiger charge is 2.34. The highest BCUT2D eigenvalue weighted by Crippen LogP contribution is 2.33. The van der Waals surface area contributed by atoms with E-state index in [2.05, 4.69) is 42.8 Å². The number of nitrogens with one attached hydrogen (secondary N) is 1. The van der Waals surface area contributed by atoms with Crippen LogP contribution in [0, 0.1) is 5.92 Å². The van der Waals surface area contributed by atoms with Crippen molar-refractivity contribution in [1.82, 2.24) is 14.8 Å².